The van der Waals surface area contributed by atoms with Gasteiger partial charge in [0.2, 0.25) is 0 Å². The molecule has 0 aliphatic carbocycles. The third-order valence-electron chi connectivity index (χ3n) is 1.70. The fraction of sp³-hybridized carbons (Fsp3) is 0.111. The van der Waals surface area contributed by atoms with E-state index in [0.717, 1.165) is 10.7 Å². The minimum atomic E-state index is 0.656. The summed E-state index contributed by atoms with van der Waals surface area (Å²) in [5, 5.41) is 4.53. The summed E-state index contributed by atoms with van der Waals surface area (Å²) < 4.78 is 0. The van der Waals surface area contributed by atoms with Gasteiger partial charge in [-0.1, -0.05) is 29.8 Å². The normalized spacial score (nSPS) is 17.6. The van der Waals surface area contributed by atoms with Crippen LogP contribution in [-0.4, -0.2) is 11.7 Å². The third-order valence-corrected chi connectivity index (χ3v) is 2.78. The summed E-state index contributed by atoms with van der Waals surface area (Å²) in [6, 6.07) is 9.95. The number of hydrazine groups is 2. The van der Waals surface area contributed by atoms with Crippen molar-refractivity contribution in [1.29, 1.82) is 0 Å². The van der Waals surface area contributed by atoms with Crippen molar-refractivity contribution >= 4 is 29.2 Å². The molecule has 0 bridgehead atoms. The summed E-state index contributed by atoms with van der Waals surface area (Å²) in [4.78, 5) is 3.08. The number of para-hydroxylation sites is 1. The van der Waals surface area contributed by atoms with Crippen molar-refractivity contribution in [3.8, 4) is 0 Å². The molecule has 1 aromatic rings. The standard InChI is InChI=1S/C9H10ClN3S/c10-8-6-13(12-14-7-8)11-9-4-2-1-3-5-9/h1-5,7,11-12H,6H2. The second kappa shape index (κ2) is 4.70. The summed E-state index contributed by atoms with van der Waals surface area (Å²) in [6.07, 6.45) is 0. The van der Waals surface area contributed by atoms with Crippen LogP contribution < -0.4 is 10.3 Å². The van der Waals surface area contributed by atoms with E-state index in [1.54, 1.807) is 0 Å². The maximum atomic E-state index is 5.90. The SMILES string of the molecule is ClC1=CSNN(Nc2ccccc2)C1. The molecule has 0 saturated carbocycles. The second-order valence-electron chi connectivity index (χ2n) is 2.84. The van der Waals surface area contributed by atoms with Crippen molar-refractivity contribution in [1.82, 2.24) is 9.95 Å². The Morgan fingerprint density at radius 3 is 2.86 bits per heavy atom. The number of nitrogens with zero attached hydrogens (tertiary/aromatic N) is 1. The Morgan fingerprint density at radius 1 is 1.36 bits per heavy atom. The Labute approximate surface area is 92.2 Å². The predicted octanol–water partition coefficient (Wildman–Crippen LogP) is 2.56. The molecule has 0 spiro atoms. The molecule has 14 heavy (non-hydrogen) atoms. The molecule has 1 aliphatic rings. The molecule has 74 valence electrons. The molecule has 1 heterocycles. The van der Waals surface area contributed by atoms with Crippen LogP contribution in [0.3, 0.4) is 0 Å². The zero-order chi connectivity index (χ0) is 9.80. The number of anilines is 1. The van der Waals surface area contributed by atoms with Gasteiger partial charge in [-0.05, 0) is 24.1 Å². The number of halogens is 1. The summed E-state index contributed by atoms with van der Waals surface area (Å²) in [5.74, 6) is 0. The number of hydrogen-bond acceptors (Lipinski definition) is 4. The van der Waals surface area contributed by atoms with E-state index in [9.17, 15) is 0 Å². The molecule has 1 aliphatic heterocycles. The molecule has 0 radical (unpaired) electrons. The fourth-order valence-electron chi connectivity index (χ4n) is 1.11. The van der Waals surface area contributed by atoms with Gasteiger partial charge in [0.25, 0.3) is 0 Å². The van der Waals surface area contributed by atoms with E-state index in [4.69, 9.17) is 11.6 Å². The lowest BCUT2D eigenvalue weighted by Crippen LogP contribution is -2.40. The van der Waals surface area contributed by atoms with Crippen LogP contribution in [0.15, 0.2) is 40.8 Å². The average Bonchev–Trinajstić information content (AvgIpc) is 2.19. The average molecular weight is 228 g/mol. The summed E-state index contributed by atoms with van der Waals surface area (Å²) in [7, 11) is 0. The van der Waals surface area contributed by atoms with Crippen LogP contribution in [0, 0.1) is 0 Å². The maximum absolute atomic E-state index is 5.90. The van der Waals surface area contributed by atoms with Gasteiger partial charge < -0.3 is 5.43 Å². The van der Waals surface area contributed by atoms with Crippen molar-refractivity contribution in [3.63, 3.8) is 0 Å². The molecule has 0 amide bonds. The zero-order valence-corrected chi connectivity index (χ0v) is 8.98. The Kier molecular flexibility index (Phi) is 3.31. The van der Waals surface area contributed by atoms with Crippen LogP contribution in [0.1, 0.15) is 0 Å². The van der Waals surface area contributed by atoms with Crippen molar-refractivity contribution in [2.75, 3.05) is 12.0 Å². The molecule has 0 unspecified atom stereocenters. The molecule has 2 rings (SSSR count). The highest BCUT2D eigenvalue weighted by Gasteiger charge is 2.10. The van der Waals surface area contributed by atoms with Crippen LogP contribution in [-0.2, 0) is 0 Å². The molecule has 2 N–H and O–H groups in total. The van der Waals surface area contributed by atoms with Crippen LogP contribution in [0.4, 0.5) is 5.69 Å². The van der Waals surface area contributed by atoms with Crippen LogP contribution in [0.25, 0.3) is 0 Å². The molecule has 3 nitrogen and oxygen atoms in total. The van der Waals surface area contributed by atoms with Gasteiger partial charge in [-0.15, -0.1) is 5.12 Å². The molecule has 5 heteroatoms. The van der Waals surface area contributed by atoms with E-state index >= 15 is 0 Å². The van der Waals surface area contributed by atoms with Gasteiger partial charge >= 0.3 is 0 Å². The monoisotopic (exact) mass is 227 g/mol. The predicted molar refractivity (Wildman–Crippen MR) is 61.4 cm³/mol. The van der Waals surface area contributed by atoms with E-state index in [1.807, 2.05) is 40.9 Å². The van der Waals surface area contributed by atoms with Gasteiger partial charge in [-0.3, -0.25) is 0 Å². The molecule has 0 atom stereocenters. The van der Waals surface area contributed by atoms with Crippen LogP contribution in [0.2, 0.25) is 0 Å². The minimum Gasteiger partial charge on any atom is -0.305 e. The number of hydrogen-bond donors (Lipinski definition) is 2. The van der Waals surface area contributed by atoms with Gasteiger partial charge in [-0.2, -0.15) is 4.83 Å². The topological polar surface area (TPSA) is 27.3 Å². The quantitative estimate of drug-likeness (QED) is 0.760. The lowest BCUT2D eigenvalue weighted by Gasteiger charge is -2.26. The van der Waals surface area contributed by atoms with Gasteiger partial charge in [0.1, 0.15) is 0 Å². The van der Waals surface area contributed by atoms with Crippen molar-refractivity contribution in [2.24, 2.45) is 0 Å². The fourth-order valence-corrected chi connectivity index (χ4v) is 1.85. The molecular formula is C9H10ClN3S. The lowest BCUT2D eigenvalue weighted by molar-refractivity contribution is 0.335. The molecule has 0 saturated heterocycles. The molecule has 1 aromatic carbocycles. The van der Waals surface area contributed by atoms with Crippen LogP contribution >= 0.6 is 23.5 Å². The Bertz CT molecular complexity index is 328. The first-order chi connectivity index (χ1) is 6.84. The molecular weight excluding hydrogens is 218 g/mol. The van der Waals surface area contributed by atoms with Gasteiger partial charge in [0, 0.05) is 10.4 Å². The van der Waals surface area contributed by atoms with Gasteiger partial charge in [0.15, 0.2) is 0 Å². The lowest BCUT2D eigenvalue weighted by atomic mass is 10.3. The first-order valence-electron chi connectivity index (χ1n) is 4.20. The van der Waals surface area contributed by atoms with Gasteiger partial charge in [0.05, 0.1) is 12.2 Å². The highest BCUT2D eigenvalue weighted by atomic mass is 35.5. The number of benzene rings is 1. The van der Waals surface area contributed by atoms with E-state index in [0.29, 0.717) is 6.54 Å². The summed E-state index contributed by atoms with van der Waals surface area (Å²) in [6.45, 7) is 0.656. The largest absolute Gasteiger partial charge is 0.305 e. The third kappa shape index (κ3) is 2.65. The highest BCUT2D eigenvalue weighted by molar-refractivity contribution is 8.00. The van der Waals surface area contributed by atoms with E-state index in [2.05, 4.69) is 10.3 Å². The van der Waals surface area contributed by atoms with Gasteiger partial charge in [-0.25, -0.2) is 0 Å². The first kappa shape index (κ1) is 9.86. The summed E-state index contributed by atoms with van der Waals surface area (Å²) in [5.41, 5.74) is 4.22. The second-order valence-corrected chi connectivity index (χ2v) is 3.98. The van der Waals surface area contributed by atoms with E-state index in [1.165, 1.54) is 11.9 Å². The van der Waals surface area contributed by atoms with E-state index in [-0.39, 0.29) is 0 Å². The Balaban J connectivity index is 1.96. The first-order valence-corrected chi connectivity index (χ1v) is 5.45. The van der Waals surface area contributed by atoms with E-state index < -0.39 is 0 Å². The zero-order valence-electron chi connectivity index (χ0n) is 7.40. The molecule has 0 fully saturated rings. The van der Waals surface area contributed by atoms with Crippen LogP contribution in [0.5, 0.6) is 0 Å². The Morgan fingerprint density at radius 2 is 2.14 bits per heavy atom. The smallest absolute Gasteiger partial charge is 0.0710 e. The number of rotatable bonds is 2. The van der Waals surface area contributed by atoms with Crippen molar-refractivity contribution in [3.05, 3.63) is 40.8 Å². The molecule has 0 aromatic heterocycles. The Hall–Kier alpha value is -0.680. The summed E-state index contributed by atoms with van der Waals surface area (Å²) >= 11 is 7.35. The number of nitrogens with one attached hydrogen (secondary N) is 2. The highest BCUT2D eigenvalue weighted by Crippen LogP contribution is 2.16. The maximum Gasteiger partial charge on any atom is 0.0710 e. The van der Waals surface area contributed by atoms with Crippen molar-refractivity contribution < 1.29 is 0 Å². The minimum absolute atomic E-state index is 0.656. The van der Waals surface area contributed by atoms with Crippen molar-refractivity contribution in [2.45, 2.75) is 0 Å².